The minimum absolute atomic E-state index is 0.0577. The monoisotopic (exact) mass is 271 g/mol. The molecule has 4 heteroatoms. The topological polar surface area (TPSA) is 52.9 Å². The van der Waals surface area contributed by atoms with Crippen molar-refractivity contribution in [2.75, 3.05) is 32.9 Å². The Hall–Kier alpha value is -0.160. The molecular formula is C15H29NO3. The molecule has 2 rings (SSSR count). The van der Waals surface area contributed by atoms with E-state index in [1.54, 1.807) is 0 Å². The van der Waals surface area contributed by atoms with Crippen LogP contribution in [-0.4, -0.2) is 60.2 Å². The lowest BCUT2D eigenvalue weighted by Crippen LogP contribution is -2.53. The van der Waals surface area contributed by atoms with Gasteiger partial charge in [0.05, 0.1) is 19.3 Å². The SMILES string of the molecule is CC1COC(CO)CN1CC1(CO)CCCCCC1. The van der Waals surface area contributed by atoms with Crippen LogP contribution in [-0.2, 0) is 4.74 Å². The number of aliphatic hydroxyl groups excluding tert-OH is 2. The maximum absolute atomic E-state index is 9.90. The van der Waals surface area contributed by atoms with E-state index in [0.717, 1.165) is 25.9 Å². The van der Waals surface area contributed by atoms with Crippen LogP contribution in [0.25, 0.3) is 0 Å². The van der Waals surface area contributed by atoms with Gasteiger partial charge < -0.3 is 14.9 Å². The largest absolute Gasteiger partial charge is 0.396 e. The van der Waals surface area contributed by atoms with Gasteiger partial charge in [0.15, 0.2) is 0 Å². The highest BCUT2D eigenvalue weighted by atomic mass is 16.5. The fourth-order valence-corrected chi connectivity index (χ4v) is 3.48. The molecule has 19 heavy (non-hydrogen) atoms. The molecule has 1 saturated heterocycles. The third kappa shape index (κ3) is 3.91. The van der Waals surface area contributed by atoms with E-state index in [1.807, 2.05) is 0 Å². The molecule has 2 aliphatic rings. The van der Waals surface area contributed by atoms with Crippen molar-refractivity contribution in [2.24, 2.45) is 5.41 Å². The van der Waals surface area contributed by atoms with E-state index >= 15 is 0 Å². The molecule has 0 radical (unpaired) electrons. The van der Waals surface area contributed by atoms with E-state index in [-0.39, 0.29) is 18.1 Å². The number of nitrogens with zero attached hydrogens (tertiary/aromatic N) is 1. The molecule has 0 aromatic carbocycles. The summed E-state index contributed by atoms with van der Waals surface area (Å²) in [6, 6.07) is 0.384. The summed E-state index contributed by atoms with van der Waals surface area (Å²) in [5.74, 6) is 0. The molecule has 1 heterocycles. The Morgan fingerprint density at radius 1 is 1.16 bits per heavy atom. The molecule has 2 unspecified atom stereocenters. The van der Waals surface area contributed by atoms with Crippen LogP contribution < -0.4 is 0 Å². The summed E-state index contributed by atoms with van der Waals surface area (Å²) < 4.78 is 5.60. The molecule has 2 atom stereocenters. The highest BCUT2D eigenvalue weighted by Gasteiger charge is 2.36. The Morgan fingerprint density at radius 2 is 1.84 bits per heavy atom. The number of rotatable bonds is 4. The summed E-state index contributed by atoms with van der Waals surface area (Å²) >= 11 is 0. The first-order chi connectivity index (χ1) is 9.19. The van der Waals surface area contributed by atoms with E-state index in [0.29, 0.717) is 19.3 Å². The second-order valence-electron chi connectivity index (χ2n) is 6.49. The summed E-state index contributed by atoms with van der Waals surface area (Å²) in [7, 11) is 0. The van der Waals surface area contributed by atoms with E-state index in [9.17, 15) is 10.2 Å². The summed E-state index contributed by atoms with van der Waals surface area (Å²) in [5, 5.41) is 19.2. The summed E-state index contributed by atoms with van der Waals surface area (Å²) in [6.45, 7) is 4.99. The van der Waals surface area contributed by atoms with Gasteiger partial charge in [0.1, 0.15) is 0 Å². The molecule has 0 spiro atoms. The van der Waals surface area contributed by atoms with Gasteiger partial charge in [0, 0.05) is 31.2 Å². The van der Waals surface area contributed by atoms with Crippen molar-refractivity contribution in [1.82, 2.24) is 4.90 Å². The van der Waals surface area contributed by atoms with Crippen molar-refractivity contribution in [3.8, 4) is 0 Å². The van der Waals surface area contributed by atoms with Gasteiger partial charge >= 0.3 is 0 Å². The molecule has 4 nitrogen and oxygen atoms in total. The lowest BCUT2D eigenvalue weighted by molar-refractivity contribution is -0.0934. The second-order valence-corrected chi connectivity index (χ2v) is 6.49. The first-order valence-corrected chi connectivity index (χ1v) is 7.76. The number of ether oxygens (including phenoxy) is 1. The molecule has 112 valence electrons. The predicted octanol–water partition coefficient (Wildman–Crippen LogP) is 1.40. The Labute approximate surface area is 116 Å². The Kier molecular flexibility index (Phi) is 5.63. The van der Waals surface area contributed by atoms with Crippen molar-refractivity contribution < 1.29 is 14.9 Å². The fourth-order valence-electron chi connectivity index (χ4n) is 3.48. The Balaban J connectivity index is 1.99. The van der Waals surface area contributed by atoms with Gasteiger partial charge in [-0.25, -0.2) is 0 Å². The quantitative estimate of drug-likeness (QED) is 0.759. The zero-order valence-corrected chi connectivity index (χ0v) is 12.2. The summed E-state index contributed by atoms with van der Waals surface area (Å²) in [5.41, 5.74) is 0.0715. The molecule has 1 aliphatic carbocycles. The molecular weight excluding hydrogens is 242 g/mol. The van der Waals surface area contributed by atoms with Crippen LogP contribution in [0.4, 0.5) is 0 Å². The Morgan fingerprint density at radius 3 is 2.42 bits per heavy atom. The average molecular weight is 271 g/mol. The zero-order valence-electron chi connectivity index (χ0n) is 12.2. The molecule has 0 aromatic rings. The van der Waals surface area contributed by atoms with Crippen molar-refractivity contribution in [1.29, 1.82) is 0 Å². The van der Waals surface area contributed by atoms with Crippen LogP contribution >= 0.6 is 0 Å². The lowest BCUT2D eigenvalue weighted by atomic mass is 9.80. The van der Waals surface area contributed by atoms with Gasteiger partial charge in [-0.2, -0.15) is 0 Å². The van der Waals surface area contributed by atoms with Gasteiger partial charge in [-0.15, -0.1) is 0 Å². The molecule has 0 amide bonds. The highest BCUT2D eigenvalue weighted by Crippen LogP contribution is 2.36. The van der Waals surface area contributed by atoms with Crippen molar-refractivity contribution in [2.45, 2.75) is 57.6 Å². The number of aliphatic hydroxyl groups is 2. The van der Waals surface area contributed by atoms with Gasteiger partial charge in [-0.05, 0) is 19.8 Å². The Bertz CT molecular complexity index is 264. The van der Waals surface area contributed by atoms with Gasteiger partial charge in [-0.3, -0.25) is 4.90 Å². The van der Waals surface area contributed by atoms with E-state index < -0.39 is 0 Å². The third-order valence-electron chi connectivity index (χ3n) is 4.88. The highest BCUT2D eigenvalue weighted by molar-refractivity contribution is 4.88. The van der Waals surface area contributed by atoms with Gasteiger partial charge in [-0.1, -0.05) is 25.7 Å². The molecule has 2 fully saturated rings. The minimum Gasteiger partial charge on any atom is -0.396 e. The van der Waals surface area contributed by atoms with Crippen LogP contribution in [0.1, 0.15) is 45.4 Å². The van der Waals surface area contributed by atoms with Gasteiger partial charge in [0.2, 0.25) is 0 Å². The van der Waals surface area contributed by atoms with Crippen LogP contribution in [0.15, 0.2) is 0 Å². The lowest BCUT2D eigenvalue weighted by Gasteiger charge is -2.43. The number of hydrogen-bond acceptors (Lipinski definition) is 4. The second kappa shape index (κ2) is 7.02. The van der Waals surface area contributed by atoms with Crippen molar-refractivity contribution in [3.05, 3.63) is 0 Å². The molecule has 0 bridgehead atoms. The molecule has 0 aromatic heterocycles. The first-order valence-electron chi connectivity index (χ1n) is 7.76. The average Bonchev–Trinajstić information content (AvgIpc) is 2.67. The van der Waals surface area contributed by atoms with Crippen molar-refractivity contribution in [3.63, 3.8) is 0 Å². The molecule has 2 N–H and O–H groups in total. The normalized spacial score (nSPS) is 33.0. The molecule has 1 aliphatic heterocycles. The van der Waals surface area contributed by atoms with Crippen LogP contribution in [0, 0.1) is 5.41 Å². The predicted molar refractivity (Wildman–Crippen MR) is 75.1 cm³/mol. The zero-order chi connectivity index (χ0) is 13.7. The maximum atomic E-state index is 9.90. The maximum Gasteiger partial charge on any atom is 0.0933 e. The number of morpholine rings is 1. The van der Waals surface area contributed by atoms with Crippen LogP contribution in [0.5, 0.6) is 0 Å². The van der Waals surface area contributed by atoms with Crippen molar-refractivity contribution >= 4 is 0 Å². The standard InChI is InChI=1S/C15H29NO3/c1-13-10-19-14(9-17)8-16(13)11-15(12-18)6-4-2-3-5-7-15/h13-14,17-18H,2-12H2,1H3. The molecule has 1 saturated carbocycles. The minimum atomic E-state index is -0.0577. The summed E-state index contributed by atoms with van der Waals surface area (Å²) in [6.07, 6.45) is 7.30. The number of hydrogen-bond donors (Lipinski definition) is 2. The first kappa shape index (κ1) is 15.2. The summed E-state index contributed by atoms with van der Waals surface area (Å²) in [4.78, 5) is 2.41. The van der Waals surface area contributed by atoms with E-state index in [1.165, 1.54) is 25.7 Å². The van der Waals surface area contributed by atoms with Crippen LogP contribution in [0.3, 0.4) is 0 Å². The third-order valence-corrected chi connectivity index (χ3v) is 4.88. The van der Waals surface area contributed by atoms with E-state index in [4.69, 9.17) is 4.74 Å². The van der Waals surface area contributed by atoms with Crippen LogP contribution in [0.2, 0.25) is 0 Å². The fraction of sp³-hybridized carbons (Fsp3) is 1.00. The van der Waals surface area contributed by atoms with E-state index in [2.05, 4.69) is 11.8 Å². The van der Waals surface area contributed by atoms with Gasteiger partial charge in [0.25, 0.3) is 0 Å². The smallest absolute Gasteiger partial charge is 0.0933 e.